The Bertz CT molecular complexity index is 1580. The Labute approximate surface area is 230 Å². The van der Waals surface area contributed by atoms with Crippen molar-refractivity contribution < 1.29 is 9.47 Å². The van der Waals surface area contributed by atoms with E-state index < -0.39 is 0 Å². The molecule has 0 atom stereocenters. The van der Waals surface area contributed by atoms with E-state index in [9.17, 15) is 5.26 Å². The maximum atomic E-state index is 9.80. The number of nitriles is 1. The summed E-state index contributed by atoms with van der Waals surface area (Å²) in [6, 6.07) is 37.4. The van der Waals surface area contributed by atoms with Crippen molar-refractivity contribution in [2.75, 3.05) is 5.73 Å². The molecule has 0 bridgehead atoms. The number of nitrogens with zero attached hydrogens (tertiary/aromatic N) is 2. The minimum Gasteiger partial charge on any atom is -0.489 e. The molecule has 186 valence electrons. The lowest BCUT2D eigenvalue weighted by atomic mass is 10.00. The van der Waals surface area contributed by atoms with Crippen molar-refractivity contribution in [1.29, 1.82) is 5.26 Å². The molecule has 0 radical (unpaired) electrons. The van der Waals surface area contributed by atoms with Crippen molar-refractivity contribution in [2.24, 2.45) is 0 Å². The molecule has 6 heteroatoms. The Morgan fingerprint density at radius 1 is 0.737 bits per heavy atom. The molecule has 4 aromatic carbocycles. The third kappa shape index (κ3) is 5.86. The van der Waals surface area contributed by atoms with Crippen molar-refractivity contribution >= 4 is 21.6 Å². The number of anilines is 1. The molecule has 2 N–H and O–H groups in total. The lowest BCUT2D eigenvalue weighted by Crippen LogP contribution is -2.02. The van der Waals surface area contributed by atoms with E-state index in [1.165, 1.54) is 0 Å². The van der Waals surface area contributed by atoms with Gasteiger partial charge in [-0.1, -0.05) is 88.7 Å². The zero-order valence-corrected chi connectivity index (χ0v) is 22.1. The summed E-state index contributed by atoms with van der Waals surface area (Å²) >= 11 is 3.47. The predicted octanol–water partition coefficient (Wildman–Crippen LogP) is 7.79. The molecule has 38 heavy (non-hydrogen) atoms. The van der Waals surface area contributed by atoms with Gasteiger partial charge in [-0.2, -0.15) is 5.26 Å². The Kier molecular flexibility index (Phi) is 7.67. The first-order chi connectivity index (χ1) is 18.6. The van der Waals surface area contributed by atoms with Crippen LogP contribution in [0.3, 0.4) is 0 Å². The second-order valence-corrected chi connectivity index (χ2v) is 9.56. The highest BCUT2D eigenvalue weighted by Gasteiger charge is 2.17. The van der Waals surface area contributed by atoms with E-state index in [1.807, 2.05) is 109 Å². The van der Waals surface area contributed by atoms with Gasteiger partial charge >= 0.3 is 0 Å². The highest BCUT2D eigenvalue weighted by atomic mass is 79.9. The monoisotopic (exact) mass is 561 g/mol. The van der Waals surface area contributed by atoms with Crippen LogP contribution in [0, 0.1) is 11.3 Å². The molecule has 0 aliphatic heterocycles. The zero-order chi connectivity index (χ0) is 26.3. The highest BCUT2D eigenvalue weighted by molar-refractivity contribution is 9.10. The van der Waals surface area contributed by atoms with Crippen LogP contribution >= 0.6 is 15.9 Å². The molecular weight excluding hydrogens is 538 g/mol. The first kappa shape index (κ1) is 25.1. The van der Waals surface area contributed by atoms with E-state index in [0.717, 1.165) is 32.3 Å². The van der Waals surface area contributed by atoms with Crippen molar-refractivity contribution in [3.05, 3.63) is 130 Å². The molecule has 0 aliphatic carbocycles. The fourth-order valence-corrected chi connectivity index (χ4v) is 4.31. The van der Waals surface area contributed by atoms with Gasteiger partial charge in [0.25, 0.3) is 0 Å². The van der Waals surface area contributed by atoms with E-state index >= 15 is 0 Å². The summed E-state index contributed by atoms with van der Waals surface area (Å²) in [6.07, 6.45) is 0. The van der Waals surface area contributed by atoms with Gasteiger partial charge in [-0.15, -0.1) is 0 Å². The lowest BCUT2D eigenvalue weighted by molar-refractivity contribution is 0.291. The van der Waals surface area contributed by atoms with Gasteiger partial charge in [-0.25, -0.2) is 4.98 Å². The van der Waals surface area contributed by atoms with Gasteiger partial charge in [0.05, 0.1) is 11.4 Å². The molecule has 5 rings (SSSR count). The molecular formula is C32H24BrN3O2. The van der Waals surface area contributed by atoms with E-state index in [2.05, 4.69) is 27.0 Å². The lowest BCUT2D eigenvalue weighted by Gasteiger charge is -2.16. The number of ether oxygens (including phenoxy) is 2. The van der Waals surface area contributed by atoms with E-state index in [4.69, 9.17) is 15.2 Å². The van der Waals surface area contributed by atoms with Gasteiger partial charge < -0.3 is 15.2 Å². The molecule has 0 unspecified atom stereocenters. The largest absolute Gasteiger partial charge is 0.489 e. The molecule has 0 fully saturated rings. The number of hydrogen-bond donors (Lipinski definition) is 1. The molecule has 1 aromatic heterocycles. The van der Waals surface area contributed by atoms with Gasteiger partial charge in [-0.05, 0) is 47.0 Å². The molecule has 5 aromatic rings. The molecule has 5 nitrogen and oxygen atoms in total. The Morgan fingerprint density at radius 2 is 1.37 bits per heavy atom. The number of nitrogen functional groups attached to an aromatic ring is 1. The van der Waals surface area contributed by atoms with E-state index in [1.54, 1.807) is 0 Å². The standard InChI is InChI=1S/C32H24BrN3O2/c33-25-13-11-24(12-14-25)28-18-29(36-30(19-34)32(28)35)27-16-15-26(37-20-22-7-3-1-4-8-22)17-31(27)38-21-23-9-5-2-6-10-23/h1-18H,20-21,35H2. The zero-order valence-electron chi connectivity index (χ0n) is 20.5. The van der Waals surface area contributed by atoms with Crippen LogP contribution in [0.5, 0.6) is 11.5 Å². The average molecular weight is 562 g/mol. The smallest absolute Gasteiger partial charge is 0.164 e. The normalized spacial score (nSPS) is 10.5. The summed E-state index contributed by atoms with van der Waals surface area (Å²) in [4.78, 5) is 4.59. The fraction of sp³-hybridized carbons (Fsp3) is 0.0625. The number of aromatic nitrogens is 1. The van der Waals surface area contributed by atoms with Crippen LogP contribution in [0.4, 0.5) is 5.69 Å². The van der Waals surface area contributed by atoms with Crippen LogP contribution in [0.25, 0.3) is 22.4 Å². The van der Waals surface area contributed by atoms with Crippen molar-refractivity contribution in [1.82, 2.24) is 4.98 Å². The maximum absolute atomic E-state index is 9.80. The summed E-state index contributed by atoms with van der Waals surface area (Å²) in [5, 5.41) is 9.80. The van der Waals surface area contributed by atoms with Crippen molar-refractivity contribution in [3.63, 3.8) is 0 Å². The third-order valence-electron chi connectivity index (χ3n) is 6.03. The van der Waals surface area contributed by atoms with Gasteiger partial charge in [0, 0.05) is 21.7 Å². The summed E-state index contributed by atoms with van der Waals surface area (Å²) in [6.45, 7) is 0.806. The average Bonchev–Trinajstić information content (AvgIpc) is 2.97. The maximum Gasteiger partial charge on any atom is 0.164 e. The second kappa shape index (κ2) is 11.6. The van der Waals surface area contributed by atoms with E-state index in [-0.39, 0.29) is 5.69 Å². The number of nitrogens with two attached hydrogens (primary N) is 1. The molecule has 1 heterocycles. The highest BCUT2D eigenvalue weighted by Crippen LogP contribution is 2.38. The van der Waals surface area contributed by atoms with Crippen LogP contribution in [0.2, 0.25) is 0 Å². The minimum absolute atomic E-state index is 0.166. The fourth-order valence-electron chi connectivity index (χ4n) is 4.05. The Morgan fingerprint density at radius 3 is 2.00 bits per heavy atom. The van der Waals surface area contributed by atoms with Crippen LogP contribution in [0.1, 0.15) is 16.8 Å². The van der Waals surface area contributed by atoms with Crippen LogP contribution in [0.15, 0.2) is 114 Å². The van der Waals surface area contributed by atoms with Gasteiger partial charge in [-0.3, -0.25) is 0 Å². The number of hydrogen-bond acceptors (Lipinski definition) is 5. The quantitative estimate of drug-likeness (QED) is 0.209. The number of pyridine rings is 1. The van der Waals surface area contributed by atoms with Gasteiger partial charge in [0.1, 0.15) is 30.8 Å². The molecule has 0 aliphatic rings. The summed E-state index contributed by atoms with van der Waals surface area (Å²) in [5.41, 5.74) is 11.9. The van der Waals surface area contributed by atoms with E-state index in [0.29, 0.717) is 36.1 Å². The predicted molar refractivity (Wildman–Crippen MR) is 153 cm³/mol. The number of benzene rings is 4. The Balaban J connectivity index is 1.54. The molecule has 0 spiro atoms. The summed E-state index contributed by atoms with van der Waals surface area (Å²) < 4.78 is 13.3. The van der Waals surface area contributed by atoms with Gasteiger partial charge in [0.2, 0.25) is 0 Å². The minimum atomic E-state index is 0.166. The summed E-state index contributed by atoms with van der Waals surface area (Å²) in [5.74, 6) is 1.27. The Hall–Kier alpha value is -4.60. The van der Waals surface area contributed by atoms with Crippen LogP contribution in [-0.2, 0) is 13.2 Å². The SMILES string of the molecule is N#Cc1nc(-c2ccc(OCc3ccccc3)cc2OCc2ccccc2)cc(-c2ccc(Br)cc2)c1N. The number of rotatable bonds is 8. The number of halogens is 1. The molecule has 0 saturated carbocycles. The second-order valence-electron chi connectivity index (χ2n) is 8.64. The van der Waals surface area contributed by atoms with Crippen molar-refractivity contribution in [3.8, 4) is 40.0 Å². The first-order valence-electron chi connectivity index (χ1n) is 12.0. The van der Waals surface area contributed by atoms with Crippen molar-refractivity contribution in [2.45, 2.75) is 13.2 Å². The third-order valence-corrected chi connectivity index (χ3v) is 6.56. The molecule has 0 saturated heterocycles. The first-order valence-corrected chi connectivity index (χ1v) is 12.8. The summed E-state index contributed by atoms with van der Waals surface area (Å²) in [7, 11) is 0. The molecule has 0 amide bonds. The van der Waals surface area contributed by atoms with Crippen LogP contribution < -0.4 is 15.2 Å². The topological polar surface area (TPSA) is 81.2 Å². The van der Waals surface area contributed by atoms with Gasteiger partial charge in [0.15, 0.2) is 5.69 Å². The van der Waals surface area contributed by atoms with Crippen LogP contribution in [-0.4, -0.2) is 4.98 Å².